The molecule has 1 amide bonds. The molecule has 0 bridgehead atoms. The summed E-state index contributed by atoms with van der Waals surface area (Å²) in [4.78, 5) is 11.1. The monoisotopic (exact) mass is 205 g/mol. The standard InChI is InChI=1S/C11H11NOS/c1-8-2-4-9(5-3-8)10-6-14-7-11(13)12-10/h2-6H,7H2,1H3,(H,12,13). The average molecular weight is 205 g/mol. The molecular weight excluding hydrogens is 194 g/mol. The van der Waals surface area contributed by atoms with Crippen LogP contribution in [0.1, 0.15) is 11.1 Å². The second kappa shape index (κ2) is 3.88. The summed E-state index contributed by atoms with van der Waals surface area (Å²) < 4.78 is 0. The number of hydrogen-bond donors (Lipinski definition) is 1. The van der Waals surface area contributed by atoms with Gasteiger partial charge in [0.15, 0.2) is 0 Å². The molecule has 1 aromatic rings. The molecule has 0 aliphatic carbocycles. The Morgan fingerprint density at radius 2 is 2.00 bits per heavy atom. The first-order chi connectivity index (χ1) is 6.75. The van der Waals surface area contributed by atoms with Crippen LogP contribution in [0.2, 0.25) is 0 Å². The van der Waals surface area contributed by atoms with Crippen molar-refractivity contribution in [3.8, 4) is 0 Å². The maximum atomic E-state index is 11.1. The summed E-state index contributed by atoms with van der Waals surface area (Å²) in [5, 5.41) is 4.85. The number of carbonyl (C=O) groups excluding carboxylic acids is 1. The molecule has 0 atom stereocenters. The third-order valence-electron chi connectivity index (χ3n) is 2.05. The minimum absolute atomic E-state index is 0.0769. The summed E-state index contributed by atoms with van der Waals surface area (Å²) >= 11 is 1.54. The lowest BCUT2D eigenvalue weighted by Crippen LogP contribution is -2.26. The molecule has 0 fully saturated rings. The number of rotatable bonds is 1. The zero-order valence-corrected chi connectivity index (χ0v) is 8.73. The van der Waals surface area contributed by atoms with E-state index in [1.807, 2.05) is 36.6 Å². The quantitative estimate of drug-likeness (QED) is 0.761. The van der Waals surface area contributed by atoms with Crippen molar-refractivity contribution < 1.29 is 4.79 Å². The van der Waals surface area contributed by atoms with Gasteiger partial charge < -0.3 is 5.32 Å². The van der Waals surface area contributed by atoms with E-state index in [0.29, 0.717) is 5.75 Å². The highest BCUT2D eigenvalue weighted by Crippen LogP contribution is 2.20. The Hall–Kier alpha value is -1.22. The van der Waals surface area contributed by atoms with Gasteiger partial charge in [-0.3, -0.25) is 4.79 Å². The fraction of sp³-hybridized carbons (Fsp3) is 0.182. The molecule has 1 aliphatic rings. The van der Waals surface area contributed by atoms with Crippen molar-refractivity contribution in [1.29, 1.82) is 0 Å². The summed E-state index contributed by atoms with van der Waals surface area (Å²) in [6.07, 6.45) is 0. The van der Waals surface area contributed by atoms with E-state index in [4.69, 9.17) is 0 Å². The van der Waals surface area contributed by atoms with Crippen LogP contribution >= 0.6 is 11.8 Å². The molecule has 0 aromatic heterocycles. The smallest absolute Gasteiger partial charge is 0.234 e. The molecule has 2 nitrogen and oxygen atoms in total. The lowest BCUT2D eigenvalue weighted by molar-refractivity contribution is -0.117. The van der Waals surface area contributed by atoms with Crippen molar-refractivity contribution >= 4 is 23.4 Å². The molecule has 1 N–H and O–H groups in total. The Labute approximate surface area is 87.4 Å². The van der Waals surface area contributed by atoms with Crippen molar-refractivity contribution in [2.24, 2.45) is 0 Å². The number of aryl methyl sites for hydroxylation is 1. The van der Waals surface area contributed by atoms with Gasteiger partial charge in [-0.1, -0.05) is 29.8 Å². The van der Waals surface area contributed by atoms with Gasteiger partial charge in [-0.25, -0.2) is 0 Å². The summed E-state index contributed by atoms with van der Waals surface area (Å²) in [6, 6.07) is 8.13. The molecule has 0 saturated carbocycles. The molecule has 1 heterocycles. The first-order valence-electron chi connectivity index (χ1n) is 4.44. The van der Waals surface area contributed by atoms with E-state index in [-0.39, 0.29) is 5.91 Å². The van der Waals surface area contributed by atoms with Crippen molar-refractivity contribution in [2.45, 2.75) is 6.92 Å². The number of hydrogen-bond acceptors (Lipinski definition) is 2. The fourth-order valence-corrected chi connectivity index (χ4v) is 1.96. The largest absolute Gasteiger partial charge is 0.324 e. The molecular formula is C11H11NOS. The fourth-order valence-electron chi connectivity index (χ4n) is 1.29. The number of benzene rings is 1. The average Bonchev–Trinajstić information content (AvgIpc) is 2.19. The topological polar surface area (TPSA) is 29.1 Å². The van der Waals surface area contributed by atoms with Gasteiger partial charge in [-0.2, -0.15) is 0 Å². The Bertz CT molecular complexity index is 381. The summed E-state index contributed by atoms with van der Waals surface area (Å²) in [5.41, 5.74) is 3.20. The molecule has 2 rings (SSSR count). The third kappa shape index (κ3) is 1.99. The zero-order valence-electron chi connectivity index (χ0n) is 7.91. The second-order valence-corrected chi connectivity index (χ2v) is 4.11. The minimum Gasteiger partial charge on any atom is -0.324 e. The zero-order chi connectivity index (χ0) is 9.97. The van der Waals surface area contributed by atoms with E-state index < -0.39 is 0 Å². The van der Waals surface area contributed by atoms with Crippen LogP contribution in [0.3, 0.4) is 0 Å². The van der Waals surface area contributed by atoms with Crippen LogP contribution in [0.5, 0.6) is 0 Å². The summed E-state index contributed by atoms with van der Waals surface area (Å²) in [5.74, 6) is 0.600. The number of carbonyl (C=O) groups is 1. The molecule has 1 aliphatic heterocycles. The van der Waals surface area contributed by atoms with Crippen LogP contribution in [0.15, 0.2) is 29.7 Å². The van der Waals surface area contributed by atoms with Gasteiger partial charge >= 0.3 is 0 Å². The van der Waals surface area contributed by atoms with Crippen LogP contribution in [-0.2, 0) is 4.79 Å². The Balaban J connectivity index is 2.26. The predicted octanol–water partition coefficient (Wildman–Crippen LogP) is 2.16. The van der Waals surface area contributed by atoms with Gasteiger partial charge in [0, 0.05) is 0 Å². The van der Waals surface area contributed by atoms with Crippen LogP contribution < -0.4 is 5.32 Å². The van der Waals surface area contributed by atoms with Gasteiger partial charge in [0.05, 0.1) is 11.4 Å². The van der Waals surface area contributed by atoms with Crippen molar-refractivity contribution in [1.82, 2.24) is 5.32 Å². The number of amides is 1. The highest BCUT2D eigenvalue weighted by atomic mass is 32.2. The molecule has 0 unspecified atom stereocenters. The molecule has 0 radical (unpaired) electrons. The lowest BCUT2D eigenvalue weighted by Gasteiger charge is -2.14. The van der Waals surface area contributed by atoms with E-state index in [1.54, 1.807) is 0 Å². The lowest BCUT2D eigenvalue weighted by atomic mass is 10.1. The first kappa shape index (κ1) is 9.34. The Kier molecular flexibility index (Phi) is 2.59. The van der Waals surface area contributed by atoms with Crippen LogP contribution in [0.25, 0.3) is 5.70 Å². The van der Waals surface area contributed by atoms with E-state index in [1.165, 1.54) is 17.3 Å². The van der Waals surface area contributed by atoms with Crippen molar-refractivity contribution in [3.63, 3.8) is 0 Å². The second-order valence-electron chi connectivity index (χ2n) is 3.26. The van der Waals surface area contributed by atoms with Crippen LogP contribution in [0.4, 0.5) is 0 Å². The maximum absolute atomic E-state index is 11.1. The minimum atomic E-state index is 0.0769. The van der Waals surface area contributed by atoms with Gasteiger partial charge in [0.2, 0.25) is 5.91 Å². The van der Waals surface area contributed by atoms with Crippen LogP contribution in [-0.4, -0.2) is 11.7 Å². The maximum Gasteiger partial charge on any atom is 0.234 e. The third-order valence-corrected chi connectivity index (χ3v) is 2.88. The van der Waals surface area contributed by atoms with Gasteiger partial charge in [-0.15, -0.1) is 11.8 Å². The predicted molar refractivity (Wildman–Crippen MR) is 59.8 cm³/mol. The van der Waals surface area contributed by atoms with E-state index in [9.17, 15) is 4.79 Å². The summed E-state index contributed by atoms with van der Waals surface area (Å²) in [6.45, 7) is 2.05. The Morgan fingerprint density at radius 1 is 1.29 bits per heavy atom. The van der Waals surface area contributed by atoms with E-state index >= 15 is 0 Å². The molecule has 0 saturated heterocycles. The van der Waals surface area contributed by atoms with E-state index in [2.05, 4.69) is 5.32 Å². The van der Waals surface area contributed by atoms with Gasteiger partial charge in [0.1, 0.15) is 0 Å². The first-order valence-corrected chi connectivity index (χ1v) is 5.49. The highest BCUT2D eigenvalue weighted by Gasteiger charge is 2.11. The van der Waals surface area contributed by atoms with Gasteiger partial charge in [-0.05, 0) is 17.9 Å². The number of nitrogens with one attached hydrogen (secondary N) is 1. The number of thioether (sulfide) groups is 1. The highest BCUT2D eigenvalue weighted by molar-refractivity contribution is 8.03. The van der Waals surface area contributed by atoms with Gasteiger partial charge in [0.25, 0.3) is 0 Å². The van der Waals surface area contributed by atoms with E-state index in [0.717, 1.165) is 11.3 Å². The SMILES string of the molecule is Cc1ccc(C2=CSCC(=O)N2)cc1. The molecule has 0 spiro atoms. The summed E-state index contributed by atoms with van der Waals surface area (Å²) in [7, 11) is 0. The normalized spacial score (nSPS) is 16.1. The van der Waals surface area contributed by atoms with Crippen LogP contribution in [0, 0.1) is 6.92 Å². The molecule has 14 heavy (non-hydrogen) atoms. The Morgan fingerprint density at radius 3 is 2.64 bits per heavy atom. The molecule has 72 valence electrons. The molecule has 1 aromatic carbocycles. The van der Waals surface area contributed by atoms with Crippen molar-refractivity contribution in [2.75, 3.05) is 5.75 Å². The molecule has 3 heteroatoms. The van der Waals surface area contributed by atoms with Crippen molar-refractivity contribution in [3.05, 3.63) is 40.8 Å².